The number of alkyl carbamates (subject to hydrolysis) is 1. The third-order valence-corrected chi connectivity index (χ3v) is 4.88. The molecule has 2 aromatic rings. The second-order valence-electron chi connectivity index (χ2n) is 9.27. The van der Waals surface area contributed by atoms with E-state index in [9.17, 15) is 19.2 Å². The van der Waals surface area contributed by atoms with Crippen molar-refractivity contribution < 1.29 is 34.8 Å². The zero-order valence-corrected chi connectivity index (χ0v) is 21.3. The predicted octanol–water partition coefficient (Wildman–Crippen LogP) is 2.59. The van der Waals surface area contributed by atoms with E-state index < -0.39 is 41.6 Å². The van der Waals surface area contributed by atoms with Gasteiger partial charge in [0.05, 0.1) is 13.2 Å². The number of carbonyl (C=O) groups excluding carboxylic acids is 4. The van der Waals surface area contributed by atoms with Crippen molar-refractivity contribution in [2.45, 2.75) is 64.5 Å². The maximum absolute atomic E-state index is 13.1. The number of hydrogen-bond donors (Lipinski definition) is 3. The van der Waals surface area contributed by atoms with Crippen molar-refractivity contribution in [2.75, 3.05) is 6.61 Å². The average molecular weight is 515 g/mol. The summed E-state index contributed by atoms with van der Waals surface area (Å²) in [6, 6.07) is 15.5. The van der Waals surface area contributed by atoms with E-state index in [0.29, 0.717) is 5.31 Å². The predicted molar refractivity (Wildman–Crippen MR) is 136 cm³/mol. The van der Waals surface area contributed by atoms with Gasteiger partial charge in [0.25, 0.3) is 0 Å². The summed E-state index contributed by atoms with van der Waals surface area (Å²) in [5.41, 5.74) is 6.16. The van der Waals surface area contributed by atoms with Gasteiger partial charge in [0.1, 0.15) is 24.3 Å². The number of ether oxygens (including phenoxy) is 3. The lowest BCUT2D eigenvalue weighted by Gasteiger charge is -2.24. The van der Waals surface area contributed by atoms with Gasteiger partial charge in [0.15, 0.2) is 1.41 Å². The van der Waals surface area contributed by atoms with Crippen LogP contribution in [-0.4, -0.2) is 48.2 Å². The second-order valence-corrected chi connectivity index (χ2v) is 9.27. The number of benzene rings is 2. The highest BCUT2D eigenvalue weighted by Crippen LogP contribution is 2.09. The van der Waals surface area contributed by atoms with Gasteiger partial charge in [-0.25, -0.2) is 4.79 Å². The largest absolute Gasteiger partial charge is 0.461 e. The molecule has 0 radical (unpaired) electrons. The summed E-state index contributed by atoms with van der Waals surface area (Å²) in [4.78, 5) is 49.7. The Hall–Kier alpha value is -3.92. The third-order valence-electron chi connectivity index (χ3n) is 4.88. The van der Waals surface area contributed by atoms with Crippen molar-refractivity contribution in [2.24, 2.45) is 5.73 Å². The van der Waals surface area contributed by atoms with Crippen molar-refractivity contribution in [1.82, 2.24) is 10.6 Å². The fourth-order valence-corrected chi connectivity index (χ4v) is 3.08. The van der Waals surface area contributed by atoms with Crippen LogP contribution in [0.1, 0.15) is 44.7 Å². The van der Waals surface area contributed by atoms with Gasteiger partial charge in [-0.3, -0.25) is 14.4 Å². The first kappa shape index (κ1) is 27.7. The molecule has 200 valence electrons. The highest BCUT2D eigenvalue weighted by atomic mass is 16.6. The standard InChI is InChI=1S/C27H35N3O7/c1-27(2,3)37-26(34)30-22(18-35-16-19-10-6-4-7-11-19)25(33)29-21(24(28)32)14-15-23(31)36-17-20-12-8-5-9-13-20/h4-13,21-22H,14-18H2,1-3H3,(H2,28,32)(H,29,33)(H,30,34)/t21-,22-/m0/s1/i/hD. The van der Waals surface area contributed by atoms with E-state index >= 15 is 0 Å². The minimum atomic E-state index is -1.46. The third kappa shape index (κ3) is 12.0. The first-order chi connectivity index (χ1) is 18.0. The number of nitrogens with two attached hydrogens (primary N) is 1. The minimum absolute atomic E-state index is 0.0673. The molecule has 0 aliphatic heterocycles. The Bertz CT molecular complexity index is 1060. The van der Waals surface area contributed by atoms with Crippen LogP contribution in [0.3, 0.4) is 0 Å². The lowest BCUT2D eigenvalue weighted by molar-refractivity contribution is -0.145. The smallest absolute Gasteiger partial charge is 0.408 e. The van der Waals surface area contributed by atoms with Gasteiger partial charge >= 0.3 is 12.1 Å². The highest BCUT2D eigenvalue weighted by molar-refractivity contribution is 5.91. The Morgan fingerprint density at radius 1 is 0.919 bits per heavy atom. The van der Waals surface area contributed by atoms with Crippen molar-refractivity contribution >= 4 is 23.9 Å². The molecular formula is C27H35N3O7. The van der Waals surface area contributed by atoms with Crippen molar-refractivity contribution in [3.05, 3.63) is 71.8 Å². The van der Waals surface area contributed by atoms with E-state index in [-0.39, 0.29) is 32.7 Å². The van der Waals surface area contributed by atoms with Gasteiger partial charge in [0.2, 0.25) is 11.8 Å². The summed E-state index contributed by atoms with van der Waals surface area (Å²) in [6.45, 7) is 4.71. The molecule has 0 aliphatic carbocycles. The molecule has 2 aromatic carbocycles. The number of hydrogen-bond acceptors (Lipinski definition) is 7. The Labute approximate surface area is 218 Å². The van der Waals surface area contributed by atoms with Crippen LogP contribution in [0.2, 0.25) is 1.41 Å². The molecule has 0 aliphatic rings. The molecule has 0 heterocycles. The zero-order valence-electron chi connectivity index (χ0n) is 22.3. The van der Waals surface area contributed by atoms with Crippen LogP contribution >= 0.6 is 0 Å². The van der Waals surface area contributed by atoms with Crippen LogP contribution in [-0.2, 0) is 41.8 Å². The van der Waals surface area contributed by atoms with Crippen LogP contribution in [0.5, 0.6) is 0 Å². The summed E-state index contributed by atoms with van der Waals surface area (Å²) >= 11 is 0. The number of esters is 1. The summed E-state index contributed by atoms with van der Waals surface area (Å²) in [5, 5.41) is 2.78. The molecule has 0 bridgehead atoms. The van der Waals surface area contributed by atoms with E-state index in [4.69, 9.17) is 21.4 Å². The number of rotatable bonds is 13. The van der Waals surface area contributed by atoms with Gasteiger partial charge in [-0.15, -0.1) is 0 Å². The van der Waals surface area contributed by atoms with Gasteiger partial charge in [-0.2, -0.15) is 0 Å². The van der Waals surface area contributed by atoms with Gasteiger partial charge in [0, 0.05) is 6.42 Å². The Morgan fingerprint density at radius 2 is 1.49 bits per heavy atom. The monoisotopic (exact) mass is 514 g/mol. The zero-order chi connectivity index (χ0) is 28.1. The molecule has 3 amide bonds. The van der Waals surface area contributed by atoms with Crippen LogP contribution in [0, 0.1) is 0 Å². The number of nitrogens with one attached hydrogen (secondary N) is 2. The number of primary amides is 1. The number of amides is 3. The lowest BCUT2D eigenvalue weighted by atomic mass is 10.1. The molecule has 10 heteroatoms. The topological polar surface area (TPSA) is 146 Å². The lowest BCUT2D eigenvalue weighted by Crippen LogP contribution is -2.55. The summed E-state index contributed by atoms with van der Waals surface area (Å²) < 4.78 is 24.2. The van der Waals surface area contributed by atoms with Crippen LogP contribution in [0.25, 0.3) is 0 Å². The van der Waals surface area contributed by atoms with Crippen LogP contribution in [0.4, 0.5) is 4.79 Å². The van der Waals surface area contributed by atoms with Gasteiger partial charge < -0.3 is 30.6 Å². The molecule has 0 saturated heterocycles. The normalized spacial score (nSPS) is 13.0. The van der Waals surface area contributed by atoms with E-state index in [1.807, 2.05) is 48.5 Å². The van der Waals surface area contributed by atoms with Crippen LogP contribution in [0.15, 0.2) is 60.7 Å². The minimum Gasteiger partial charge on any atom is -0.461 e. The van der Waals surface area contributed by atoms with E-state index in [1.165, 1.54) is 0 Å². The molecule has 0 fully saturated rings. The molecule has 2 atom stereocenters. The quantitative estimate of drug-likeness (QED) is 0.348. The summed E-state index contributed by atoms with van der Waals surface area (Å²) in [6.07, 6.45) is -1.38. The first-order valence-electron chi connectivity index (χ1n) is 12.3. The fourth-order valence-electron chi connectivity index (χ4n) is 3.08. The van der Waals surface area contributed by atoms with Crippen molar-refractivity contribution in [3.8, 4) is 0 Å². The molecule has 0 saturated carbocycles. The van der Waals surface area contributed by atoms with Gasteiger partial charge in [-0.05, 0) is 38.3 Å². The summed E-state index contributed by atoms with van der Waals surface area (Å²) in [5.74, 6) is -2.32. The molecule has 0 unspecified atom stereocenters. The average Bonchev–Trinajstić information content (AvgIpc) is 2.87. The second kappa shape index (κ2) is 14.6. The van der Waals surface area contributed by atoms with E-state index in [0.717, 1.165) is 11.1 Å². The van der Waals surface area contributed by atoms with Gasteiger partial charge in [-0.1, -0.05) is 60.7 Å². The fraction of sp³-hybridized carbons (Fsp3) is 0.407. The van der Waals surface area contributed by atoms with Crippen LogP contribution < -0.4 is 16.4 Å². The Kier molecular flexibility index (Phi) is 10.9. The molecular weight excluding hydrogens is 478 g/mol. The van der Waals surface area contributed by atoms with E-state index in [2.05, 4.69) is 5.32 Å². The molecule has 37 heavy (non-hydrogen) atoms. The van der Waals surface area contributed by atoms with E-state index in [1.54, 1.807) is 32.9 Å². The van der Waals surface area contributed by atoms with Crippen molar-refractivity contribution in [1.29, 1.82) is 0 Å². The Balaban J connectivity index is 2.01. The molecule has 4 N–H and O–H groups in total. The molecule has 10 nitrogen and oxygen atoms in total. The Morgan fingerprint density at radius 3 is 2.03 bits per heavy atom. The number of carbonyl (C=O) groups is 4. The molecule has 0 spiro atoms. The molecule has 0 aromatic heterocycles. The summed E-state index contributed by atoms with van der Waals surface area (Å²) in [7, 11) is 0. The highest BCUT2D eigenvalue weighted by Gasteiger charge is 2.28. The molecule has 2 rings (SSSR count). The SMILES string of the molecule is [2H]N(C(=O)OC(C)(C)C)[C@@H](COCc1ccccc1)C(=O)N[C@@H](CCC(=O)OCc1ccccc1)C(N)=O. The maximum atomic E-state index is 13.1. The van der Waals surface area contributed by atoms with Crippen molar-refractivity contribution in [3.63, 3.8) is 0 Å². The first-order valence-corrected chi connectivity index (χ1v) is 11.9. The maximum Gasteiger partial charge on any atom is 0.408 e.